The fourth-order valence-corrected chi connectivity index (χ4v) is 5.31. The van der Waals surface area contributed by atoms with Gasteiger partial charge in [-0.2, -0.15) is 0 Å². The first-order valence-electron chi connectivity index (χ1n) is 10.9. The lowest BCUT2D eigenvalue weighted by Crippen LogP contribution is -2.07. The van der Waals surface area contributed by atoms with Crippen molar-refractivity contribution in [3.05, 3.63) is 118 Å². The van der Waals surface area contributed by atoms with Crippen molar-refractivity contribution in [2.75, 3.05) is 4.72 Å². The summed E-state index contributed by atoms with van der Waals surface area (Å²) >= 11 is 12.1. The van der Waals surface area contributed by atoms with Crippen molar-refractivity contribution in [3.8, 4) is 11.1 Å². The van der Waals surface area contributed by atoms with Crippen LogP contribution in [0, 0.1) is 0 Å². The number of anilines is 1. The second-order valence-electron chi connectivity index (χ2n) is 7.92. The van der Waals surface area contributed by atoms with Crippen LogP contribution in [0.5, 0.6) is 0 Å². The average molecular weight is 526 g/mol. The van der Waals surface area contributed by atoms with Crippen LogP contribution in [0.4, 0.5) is 5.69 Å². The molecule has 0 spiro atoms. The Hall–Kier alpha value is -2.96. The lowest BCUT2D eigenvalue weighted by atomic mass is 10.0. The van der Waals surface area contributed by atoms with Crippen LogP contribution in [0.25, 0.3) is 11.1 Å². The van der Waals surface area contributed by atoms with Gasteiger partial charge in [0.15, 0.2) is 11.0 Å². The molecule has 0 aliphatic carbocycles. The number of rotatable bonds is 9. The Morgan fingerprint density at radius 2 is 1.40 bits per heavy atom. The molecular formula is C28H25Cl2NO3S. The second-order valence-corrected chi connectivity index (χ2v) is 9.98. The van der Waals surface area contributed by atoms with E-state index in [1.165, 1.54) is 0 Å². The normalized spacial score (nSPS) is 11.4. The molecular weight excluding hydrogens is 501 g/mol. The number of halogens is 2. The molecule has 0 amide bonds. The molecule has 0 radical (unpaired) electrons. The van der Waals surface area contributed by atoms with Crippen molar-refractivity contribution in [2.24, 2.45) is 0 Å². The van der Waals surface area contributed by atoms with Crippen LogP contribution in [-0.2, 0) is 28.6 Å². The van der Waals surface area contributed by atoms with E-state index in [9.17, 15) is 9.00 Å². The Morgan fingerprint density at radius 1 is 0.771 bits per heavy atom. The maximum Gasteiger partial charge on any atom is 0.150 e. The summed E-state index contributed by atoms with van der Waals surface area (Å²) in [5, 5.41) is 1.14. The molecule has 1 atom stereocenters. The Bertz CT molecular complexity index is 1290. The summed E-state index contributed by atoms with van der Waals surface area (Å²) in [7, 11) is -1.43. The number of carbonyl (C=O) groups excluding carboxylic acids is 1. The molecule has 4 nitrogen and oxygen atoms in total. The van der Waals surface area contributed by atoms with Crippen LogP contribution >= 0.6 is 23.2 Å². The van der Waals surface area contributed by atoms with Gasteiger partial charge < -0.3 is 10.2 Å². The molecule has 180 valence electrons. The van der Waals surface area contributed by atoms with Crippen molar-refractivity contribution in [1.29, 1.82) is 0 Å². The zero-order chi connectivity index (χ0) is 23.9. The number of nitrogens with one attached hydrogen (secondary N) is 1. The maximum atomic E-state index is 13.1. The average Bonchev–Trinajstić information content (AvgIpc) is 2.84. The third-order valence-electron chi connectivity index (χ3n) is 5.35. The molecule has 4 aromatic rings. The molecule has 7 heteroatoms. The third kappa shape index (κ3) is 7.51. The fraction of sp³-hybridized carbons (Fsp3) is 0.107. The van der Waals surface area contributed by atoms with Crippen molar-refractivity contribution < 1.29 is 14.5 Å². The van der Waals surface area contributed by atoms with Crippen LogP contribution in [-0.4, -0.2) is 15.5 Å². The zero-order valence-corrected chi connectivity index (χ0v) is 21.2. The van der Waals surface area contributed by atoms with Gasteiger partial charge in [0.2, 0.25) is 0 Å². The molecule has 0 bridgehead atoms. The van der Waals surface area contributed by atoms with Crippen molar-refractivity contribution >= 4 is 45.7 Å². The maximum absolute atomic E-state index is 13.1. The summed E-state index contributed by atoms with van der Waals surface area (Å²) in [6, 6.07) is 30.4. The predicted octanol–water partition coefficient (Wildman–Crippen LogP) is 6.71. The molecule has 0 aliphatic rings. The molecule has 0 fully saturated rings. The first-order valence-corrected chi connectivity index (χ1v) is 12.8. The van der Waals surface area contributed by atoms with Crippen molar-refractivity contribution in [3.63, 3.8) is 0 Å². The molecule has 4 aromatic carbocycles. The van der Waals surface area contributed by atoms with Crippen LogP contribution in [0.2, 0.25) is 10.0 Å². The van der Waals surface area contributed by atoms with Gasteiger partial charge in [-0.1, -0.05) is 83.9 Å². The molecule has 0 aromatic heterocycles. The van der Waals surface area contributed by atoms with E-state index in [0.29, 0.717) is 34.2 Å². The topological polar surface area (TPSA) is 77.7 Å². The summed E-state index contributed by atoms with van der Waals surface area (Å²) in [6.07, 6.45) is 1.35. The zero-order valence-electron chi connectivity index (χ0n) is 18.8. The Kier molecular flexibility index (Phi) is 9.64. The van der Waals surface area contributed by atoms with Gasteiger partial charge >= 0.3 is 0 Å². The minimum absolute atomic E-state index is 0. The summed E-state index contributed by atoms with van der Waals surface area (Å²) in [4.78, 5) is 13.2. The molecule has 0 saturated carbocycles. The highest BCUT2D eigenvalue weighted by Gasteiger charge is 2.12. The van der Waals surface area contributed by atoms with Gasteiger partial charge in [-0.05, 0) is 65.1 Å². The second kappa shape index (κ2) is 12.7. The smallest absolute Gasteiger partial charge is 0.150 e. The number of benzene rings is 4. The van der Waals surface area contributed by atoms with Crippen molar-refractivity contribution in [1.82, 2.24) is 0 Å². The minimum atomic E-state index is -1.43. The number of ketones is 1. The van der Waals surface area contributed by atoms with Gasteiger partial charge in [0.1, 0.15) is 5.78 Å². The molecule has 3 N–H and O–H groups in total. The van der Waals surface area contributed by atoms with E-state index in [0.717, 1.165) is 27.9 Å². The molecule has 0 aliphatic heterocycles. The van der Waals surface area contributed by atoms with E-state index in [4.69, 9.17) is 23.2 Å². The molecule has 0 heterocycles. The first kappa shape index (κ1) is 26.6. The van der Waals surface area contributed by atoms with Gasteiger partial charge in [0, 0.05) is 28.6 Å². The summed E-state index contributed by atoms with van der Waals surface area (Å²) < 4.78 is 16.1. The van der Waals surface area contributed by atoms with Crippen LogP contribution < -0.4 is 4.72 Å². The highest BCUT2D eigenvalue weighted by molar-refractivity contribution is 7.86. The van der Waals surface area contributed by atoms with E-state index < -0.39 is 11.0 Å². The van der Waals surface area contributed by atoms with Crippen LogP contribution in [0.15, 0.2) is 102 Å². The number of carbonyl (C=O) groups is 1. The number of Topliss-reactive ketones (excluding diaryl/α,β-unsaturated/α-hetero) is 1. The van der Waals surface area contributed by atoms with Gasteiger partial charge in [-0.3, -0.25) is 4.79 Å². The summed E-state index contributed by atoms with van der Waals surface area (Å²) in [5.74, 6) is 0.136. The lowest BCUT2D eigenvalue weighted by molar-refractivity contribution is -0.118. The SMILES string of the molecule is O.O=C(CCc1cc(Cl)cc(Cl)c1)Cc1ccc(NS(=O)c2ccccc2-c2ccccc2)cc1. The van der Waals surface area contributed by atoms with Gasteiger partial charge in [-0.15, -0.1) is 0 Å². The number of hydrogen-bond acceptors (Lipinski definition) is 2. The van der Waals surface area contributed by atoms with E-state index >= 15 is 0 Å². The van der Waals surface area contributed by atoms with Gasteiger partial charge in [0.05, 0.1) is 4.90 Å². The third-order valence-corrected chi connectivity index (χ3v) is 6.97. The first-order chi connectivity index (χ1) is 16.5. The van der Waals surface area contributed by atoms with E-state index in [1.807, 2.05) is 91.0 Å². The molecule has 35 heavy (non-hydrogen) atoms. The van der Waals surface area contributed by atoms with Gasteiger partial charge in [0.25, 0.3) is 0 Å². The number of aryl methyl sites for hydroxylation is 1. The predicted molar refractivity (Wildman–Crippen MR) is 145 cm³/mol. The van der Waals surface area contributed by atoms with Gasteiger partial charge in [-0.25, -0.2) is 4.21 Å². The van der Waals surface area contributed by atoms with E-state index in [-0.39, 0.29) is 11.3 Å². The van der Waals surface area contributed by atoms with E-state index in [2.05, 4.69) is 4.72 Å². The lowest BCUT2D eigenvalue weighted by Gasteiger charge is -2.11. The minimum Gasteiger partial charge on any atom is -0.412 e. The number of hydrogen-bond donors (Lipinski definition) is 1. The van der Waals surface area contributed by atoms with E-state index in [1.54, 1.807) is 6.07 Å². The van der Waals surface area contributed by atoms with Crippen molar-refractivity contribution in [2.45, 2.75) is 24.2 Å². The summed E-state index contributed by atoms with van der Waals surface area (Å²) in [5.41, 5.74) is 4.53. The highest BCUT2D eigenvalue weighted by atomic mass is 35.5. The largest absolute Gasteiger partial charge is 0.412 e. The Morgan fingerprint density at radius 3 is 2.09 bits per heavy atom. The fourth-order valence-electron chi connectivity index (χ4n) is 3.69. The van der Waals surface area contributed by atoms with Crippen LogP contribution in [0.3, 0.4) is 0 Å². The monoisotopic (exact) mass is 525 g/mol. The quantitative estimate of drug-likeness (QED) is 0.263. The Balaban J connectivity index is 0.00000342. The molecule has 1 unspecified atom stereocenters. The van der Waals surface area contributed by atoms with Crippen LogP contribution in [0.1, 0.15) is 17.5 Å². The standard InChI is InChI=1S/C28H23Cl2NO2S.H2O/c29-23-16-21(17-24(30)19-23)12-15-26(32)18-20-10-13-25(14-11-20)31-34(33)28-9-5-4-8-27(28)22-6-2-1-3-7-22;/h1-11,13-14,16-17,19,31H,12,15,18H2;1H2. The molecule has 0 saturated heterocycles. The highest BCUT2D eigenvalue weighted by Crippen LogP contribution is 2.27. The summed E-state index contributed by atoms with van der Waals surface area (Å²) in [6.45, 7) is 0. The Labute approximate surface area is 217 Å². The molecule has 4 rings (SSSR count).